The zero-order chi connectivity index (χ0) is 26.2. The van der Waals surface area contributed by atoms with Crippen molar-refractivity contribution in [3.8, 4) is 0 Å². The standard InChI is InChI=1S/C29H35N7O2/c30-29-32-18-23(19-33-29)20-35-14-9-25(10-15-35)28(37)36-16-11-24(12-17-36)27(26-8-4-5-13-31-26)34-38-21-22-6-2-1-3-7-22/h1-8,13,18-19,24-25H,9-12,14-17,20-21H2,(H2,30,32,33). The minimum Gasteiger partial charge on any atom is -0.391 e. The van der Waals surface area contributed by atoms with Gasteiger partial charge < -0.3 is 15.5 Å². The molecule has 2 aromatic heterocycles. The molecule has 0 atom stereocenters. The Bertz CT molecular complexity index is 1190. The molecule has 5 rings (SSSR count). The minimum atomic E-state index is 0.0867. The van der Waals surface area contributed by atoms with Gasteiger partial charge in [0.25, 0.3) is 0 Å². The van der Waals surface area contributed by atoms with E-state index in [1.165, 1.54) is 0 Å². The van der Waals surface area contributed by atoms with E-state index >= 15 is 0 Å². The summed E-state index contributed by atoms with van der Waals surface area (Å²) in [6.07, 6.45) is 8.80. The summed E-state index contributed by atoms with van der Waals surface area (Å²) < 4.78 is 0. The number of carbonyl (C=O) groups is 1. The monoisotopic (exact) mass is 513 g/mol. The molecule has 0 spiro atoms. The van der Waals surface area contributed by atoms with Crippen molar-refractivity contribution < 1.29 is 9.63 Å². The molecule has 9 nitrogen and oxygen atoms in total. The van der Waals surface area contributed by atoms with Crippen LogP contribution in [0, 0.1) is 11.8 Å². The summed E-state index contributed by atoms with van der Waals surface area (Å²) in [6, 6.07) is 15.9. The number of pyridine rings is 1. The van der Waals surface area contributed by atoms with E-state index in [2.05, 4.69) is 25.0 Å². The molecule has 0 aliphatic carbocycles. The van der Waals surface area contributed by atoms with Crippen LogP contribution in [0.3, 0.4) is 0 Å². The number of nitrogen functional groups attached to an aromatic ring is 1. The lowest BCUT2D eigenvalue weighted by Gasteiger charge is -2.37. The second kappa shape index (κ2) is 12.6. The summed E-state index contributed by atoms with van der Waals surface area (Å²) in [7, 11) is 0. The number of nitrogens with two attached hydrogens (primary N) is 1. The molecule has 0 bridgehead atoms. The molecule has 2 aliphatic rings. The third-order valence-electron chi connectivity index (χ3n) is 7.43. The van der Waals surface area contributed by atoms with Crippen LogP contribution in [0.25, 0.3) is 0 Å². The van der Waals surface area contributed by atoms with Crippen LogP contribution in [0.5, 0.6) is 0 Å². The highest BCUT2D eigenvalue weighted by Crippen LogP contribution is 2.26. The zero-order valence-corrected chi connectivity index (χ0v) is 21.7. The number of nitrogens with zero attached hydrogens (tertiary/aromatic N) is 6. The number of amides is 1. The first kappa shape index (κ1) is 25.8. The average Bonchev–Trinajstić information content (AvgIpc) is 2.98. The Morgan fingerprint density at radius 1 is 0.868 bits per heavy atom. The Balaban J connectivity index is 1.13. The fourth-order valence-corrected chi connectivity index (χ4v) is 5.27. The van der Waals surface area contributed by atoms with Crippen LogP contribution in [0.1, 0.15) is 42.5 Å². The number of rotatable bonds is 8. The number of carbonyl (C=O) groups excluding carboxylic acids is 1. The van der Waals surface area contributed by atoms with Crippen molar-refractivity contribution in [1.29, 1.82) is 0 Å². The highest BCUT2D eigenvalue weighted by atomic mass is 16.6. The van der Waals surface area contributed by atoms with Gasteiger partial charge in [0, 0.05) is 55.6 Å². The molecule has 4 heterocycles. The SMILES string of the molecule is Nc1ncc(CN2CCC(C(=O)N3CCC(C(=NOCc4ccccc4)c4ccccn4)CC3)CC2)cn1. The van der Waals surface area contributed by atoms with Crippen molar-refractivity contribution in [2.45, 2.75) is 38.8 Å². The molecule has 0 unspecified atom stereocenters. The number of likely N-dealkylation sites (tertiary alicyclic amines) is 2. The van der Waals surface area contributed by atoms with Crippen molar-refractivity contribution in [2.75, 3.05) is 31.9 Å². The Morgan fingerprint density at radius 2 is 1.55 bits per heavy atom. The molecule has 2 saturated heterocycles. The Hall–Kier alpha value is -3.85. The summed E-state index contributed by atoms with van der Waals surface area (Å²) in [5.74, 6) is 0.868. The highest BCUT2D eigenvalue weighted by molar-refractivity contribution is 6.00. The first-order valence-corrected chi connectivity index (χ1v) is 13.4. The van der Waals surface area contributed by atoms with Crippen LogP contribution in [-0.4, -0.2) is 62.5 Å². The van der Waals surface area contributed by atoms with Gasteiger partial charge in [-0.25, -0.2) is 9.97 Å². The second-order valence-electron chi connectivity index (χ2n) is 10.1. The van der Waals surface area contributed by atoms with Gasteiger partial charge in [0.05, 0.1) is 5.69 Å². The van der Waals surface area contributed by atoms with Gasteiger partial charge in [-0.3, -0.25) is 14.7 Å². The van der Waals surface area contributed by atoms with E-state index in [9.17, 15) is 4.79 Å². The minimum absolute atomic E-state index is 0.0867. The summed E-state index contributed by atoms with van der Waals surface area (Å²) >= 11 is 0. The molecule has 1 amide bonds. The van der Waals surface area contributed by atoms with Crippen molar-refractivity contribution in [3.63, 3.8) is 0 Å². The molecule has 9 heteroatoms. The maximum atomic E-state index is 13.3. The van der Waals surface area contributed by atoms with E-state index in [4.69, 9.17) is 10.6 Å². The largest absolute Gasteiger partial charge is 0.391 e. The molecule has 1 aromatic carbocycles. The molecule has 2 N–H and O–H groups in total. The number of aromatic nitrogens is 3. The summed E-state index contributed by atoms with van der Waals surface area (Å²) in [5, 5.41) is 4.55. The second-order valence-corrected chi connectivity index (χ2v) is 10.1. The number of piperidine rings is 2. The van der Waals surface area contributed by atoms with Crippen molar-refractivity contribution in [3.05, 3.63) is 83.9 Å². The van der Waals surface area contributed by atoms with E-state index in [-0.39, 0.29) is 17.7 Å². The fourth-order valence-electron chi connectivity index (χ4n) is 5.27. The highest BCUT2D eigenvalue weighted by Gasteiger charge is 2.32. The zero-order valence-electron chi connectivity index (χ0n) is 21.7. The van der Waals surface area contributed by atoms with Gasteiger partial charge in [0.2, 0.25) is 11.9 Å². The number of oxime groups is 1. The van der Waals surface area contributed by atoms with Crippen LogP contribution in [0.4, 0.5) is 5.95 Å². The normalized spacial score (nSPS) is 17.9. The van der Waals surface area contributed by atoms with E-state index in [1.807, 2.05) is 53.4 Å². The number of hydrogen-bond acceptors (Lipinski definition) is 8. The lowest BCUT2D eigenvalue weighted by atomic mass is 9.88. The smallest absolute Gasteiger partial charge is 0.225 e. The molecule has 0 saturated carbocycles. The van der Waals surface area contributed by atoms with Crippen molar-refractivity contribution in [2.24, 2.45) is 17.0 Å². The third kappa shape index (κ3) is 6.72. The van der Waals surface area contributed by atoms with Crippen molar-refractivity contribution in [1.82, 2.24) is 24.8 Å². The van der Waals surface area contributed by atoms with E-state index in [0.717, 1.165) is 80.9 Å². The first-order valence-electron chi connectivity index (χ1n) is 13.4. The van der Waals surface area contributed by atoms with E-state index < -0.39 is 0 Å². The van der Waals surface area contributed by atoms with E-state index in [0.29, 0.717) is 12.6 Å². The Morgan fingerprint density at radius 3 is 2.24 bits per heavy atom. The molecule has 38 heavy (non-hydrogen) atoms. The Kier molecular flexibility index (Phi) is 8.55. The molecular weight excluding hydrogens is 478 g/mol. The number of benzene rings is 1. The molecule has 0 radical (unpaired) electrons. The van der Waals surface area contributed by atoms with E-state index in [1.54, 1.807) is 18.6 Å². The average molecular weight is 514 g/mol. The van der Waals surface area contributed by atoms with Gasteiger partial charge in [-0.15, -0.1) is 0 Å². The lowest BCUT2D eigenvalue weighted by Crippen LogP contribution is -2.46. The summed E-state index contributed by atoms with van der Waals surface area (Å²) in [5.41, 5.74) is 9.41. The van der Waals surface area contributed by atoms with Gasteiger partial charge >= 0.3 is 0 Å². The van der Waals surface area contributed by atoms with Gasteiger partial charge in [0.15, 0.2) is 0 Å². The van der Waals surface area contributed by atoms with Crippen LogP contribution in [0.2, 0.25) is 0 Å². The molecule has 3 aromatic rings. The van der Waals surface area contributed by atoms with Crippen LogP contribution in [-0.2, 0) is 22.8 Å². The summed E-state index contributed by atoms with van der Waals surface area (Å²) in [4.78, 5) is 36.2. The molecule has 2 fully saturated rings. The summed E-state index contributed by atoms with van der Waals surface area (Å²) in [6.45, 7) is 4.46. The topological polar surface area (TPSA) is 110 Å². The molecule has 198 valence electrons. The molecular formula is C29H35N7O2. The Labute approximate surface area is 223 Å². The van der Waals surface area contributed by atoms with Crippen molar-refractivity contribution >= 4 is 17.6 Å². The maximum Gasteiger partial charge on any atom is 0.225 e. The quantitative estimate of drug-likeness (QED) is 0.362. The van der Waals surface area contributed by atoms with Gasteiger partial charge in [0.1, 0.15) is 12.3 Å². The predicted molar refractivity (Wildman–Crippen MR) is 146 cm³/mol. The van der Waals surface area contributed by atoms with Crippen LogP contribution >= 0.6 is 0 Å². The first-order chi connectivity index (χ1) is 18.7. The van der Waals surface area contributed by atoms with Crippen LogP contribution < -0.4 is 5.73 Å². The maximum absolute atomic E-state index is 13.3. The number of hydrogen-bond donors (Lipinski definition) is 1. The fraction of sp³-hybridized carbons (Fsp3) is 0.414. The van der Waals surface area contributed by atoms with Gasteiger partial charge in [-0.1, -0.05) is 41.6 Å². The van der Waals surface area contributed by atoms with Crippen LogP contribution in [0.15, 0.2) is 72.3 Å². The molecule has 2 aliphatic heterocycles. The lowest BCUT2D eigenvalue weighted by molar-refractivity contribution is -0.138. The number of anilines is 1. The van der Waals surface area contributed by atoms with Gasteiger partial charge in [-0.05, 0) is 56.5 Å². The predicted octanol–water partition coefficient (Wildman–Crippen LogP) is 3.53. The third-order valence-corrected chi connectivity index (χ3v) is 7.43. The van der Waals surface area contributed by atoms with Gasteiger partial charge in [-0.2, -0.15) is 0 Å².